The molecular formula is C92H74N4. The van der Waals surface area contributed by atoms with Crippen molar-refractivity contribution in [2.45, 2.75) is 62.6 Å². The van der Waals surface area contributed by atoms with Crippen LogP contribution in [0.15, 0.2) is 333 Å². The van der Waals surface area contributed by atoms with Crippen molar-refractivity contribution in [1.29, 1.82) is 0 Å². The number of allylic oxidation sites excluding steroid dienone is 14. The molecule has 0 aromatic heterocycles. The first kappa shape index (κ1) is 56.7. The molecule has 462 valence electrons. The van der Waals surface area contributed by atoms with Gasteiger partial charge in [0, 0.05) is 29.1 Å². The van der Waals surface area contributed by atoms with E-state index < -0.39 is 0 Å². The van der Waals surface area contributed by atoms with Gasteiger partial charge < -0.3 is 15.1 Å². The third-order valence-corrected chi connectivity index (χ3v) is 22.3. The first-order valence-corrected chi connectivity index (χ1v) is 34.9. The Balaban J connectivity index is 0.597. The fourth-order valence-corrected chi connectivity index (χ4v) is 17.8. The summed E-state index contributed by atoms with van der Waals surface area (Å²) >= 11 is 0. The molecule has 0 spiro atoms. The monoisotopic (exact) mass is 1230 g/mol. The van der Waals surface area contributed by atoms with Gasteiger partial charge in [-0.25, -0.2) is 0 Å². The van der Waals surface area contributed by atoms with Crippen molar-refractivity contribution in [2.75, 3.05) is 4.90 Å². The fourth-order valence-electron chi connectivity index (χ4n) is 17.8. The Bertz CT molecular complexity index is 5480. The SMILES string of the molecule is C1=CCC(N2C3=C(CC(CCC4NC5C=CC=CC5N4c4ccc(C5=c6ccccc6=C(c6cccc7ccccc67)C6C=CC=CC56)cc4)C=C3)NC2C2C=CC(c3ccc4c(-c5ccc6ccccc6c5)c5ccccc5c(-c5ccc6ccccc6c5)c4c3)=CC2)C=C1. The molecule has 6 aliphatic carbocycles. The summed E-state index contributed by atoms with van der Waals surface area (Å²) in [7, 11) is 0. The molecule has 2 N–H and O–H groups in total. The van der Waals surface area contributed by atoms with Crippen LogP contribution in [0, 0.1) is 23.7 Å². The molecule has 11 aromatic rings. The van der Waals surface area contributed by atoms with Crippen LogP contribution in [0.25, 0.3) is 92.8 Å². The van der Waals surface area contributed by atoms with Gasteiger partial charge in [0.25, 0.3) is 0 Å². The molecule has 2 heterocycles. The van der Waals surface area contributed by atoms with Gasteiger partial charge in [0.2, 0.25) is 0 Å². The third kappa shape index (κ3) is 9.67. The van der Waals surface area contributed by atoms with E-state index >= 15 is 0 Å². The van der Waals surface area contributed by atoms with Crippen molar-refractivity contribution in [1.82, 2.24) is 15.5 Å². The summed E-state index contributed by atoms with van der Waals surface area (Å²) in [6.45, 7) is 0. The number of fused-ring (bicyclic) bond motifs is 8. The summed E-state index contributed by atoms with van der Waals surface area (Å²) in [6.07, 6.45) is 45.7. The first-order valence-electron chi connectivity index (χ1n) is 34.9. The zero-order valence-corrected chi connectivity index (χ0v) is 53.7. The van der Waals surface area contributed by atoms with Crippen LogP contribution in [0.3, 0.4) is 0 Å². The van der Waals surface area contributed by atoms with E-state index in [9.17, 15) is 0 Å². The van der Waals surface area contributed by atoms with Crippen molar-refractivity contribution >= 4 is 76.3 Å². The van der Waals surface area contributed by atoms with E-state index in [-0.39, 0.29) is 48.2 Å². The van der Waals surface area contributed by atoms with Gasteiger partial charge in [0.05, 0.1) is 30.0 Å². The maximum Gasteiger partial charge on any atom is 0.106 e. The molecule has 1 fully saturated rings. The van der Waals surface area contributed by atoms with Crippen LogP contribution in [-0.4, -0.2) is 35.4 Å². The van der Waals surface area contributed by atoms with Gasteiger partial charge in [-0.3, -0.25) is 5.32 Å². The molecule has 11 aromatic carbocycles. The number of nitrogens with zero attached hydrogens (tertiary/aromatic N) is 2. The van der Waals surface area contributed by atoms with Gasteiger partial charge >= 0.3 is 0 Å². The second kappa shape index (κ2) is 23.6. The average Bonchev–Trinajstić information content (AvgIpc) is 1.06. The Morgan fingerprint density at radius 1 is 0.417 bits per heavy atom. The summed E-state index contributed by atoms with van der Waals surface area (Å²) in [4.78, 5) is 5.41. The van der Waals surface area contributed by atoms with Crippen molar-refractivity contribution < 1.29 is 0 Å². The lowest BCUT2D eigenvalue weighted by molar-refractivity contribution is 0.182. The molecule has 4 nitrogen and oxygen atoms in total. The van der Waals surface area contributed by atoms with E-state index in [1.165, 1.54) is 137 Å². The Morgan fingerprint density at radius 3 is 1.76 bits per heavy atom. The summed E-state index contributed by atoms with van der Waals surface area (Å²) in [5.74, 6) is 1.14. The number of anilines is 1. The lowest BCUT2D eigenvalue weighted by Crippen LogP contribution is -2.47. The van der Waals surface area contributed by atoms with Crippen molar-refractivity contribution in [3.05, 3.63) is 360 Å². The van der Waals surface area contributed by atoms with E-state index in [0.717, 1.165) is 32.1 Å². The van der Waals surface area contributed by atoms with Crippen molar-refractivity contribution in [2.24, 2.45) is 23.7 Å². The maximum atomic E-state index is 4.24. The van der Waals surface area contributed by atoms with Crippen LogP contribution in [0.4, 0.5) is 5.69 Å². The highest BCUT2D eigenvalue weighted by molar-refractivity contribution is 6.22. The molecule has 0 radical (unpaired) electrons. The average molecular weight is 1240 g/mol. The van der Waals surface area contributed by atoms with Gasteiger partial charge in [0.1, 0.15) is 6.17 Å². The van der Waals surface area contributed by atoms with E-state index in [1.807, 2.05) is 0 Å². The summed E-state index contributed by atoms with van der Waals surface area (Å²) in [6, 6.07) is 83.1. The van der Waals surface area contributed by atoms with E-state index in [1.54, 1.807) is 0 Å². The predicted molar refractivity (Wildman–Crippen MR) is 403 cm³/mol. The topological polar surface area (TPSA) is 30.5 Å². The second-order valence-corrected chi connectivity index (χ2v) is 27.6. The minimum atomic E-state index is 0.137. The number of hydrogen-bond donors (Lipinski definition) is 2. The van der Waals surface area contributed by atoms with Crippen LogP contribution in [0.2, 0.25) is 0 Å². The fraction of sp³-hybridized carbons (Fsp3) is 0.152. The number of rotatable bonds is 11. The minimum Gasteiger partial charge on any atom is -0.366 e. The molecule has 19 rings (SSSR count). The second-order valence-electron chi connectivity index (χ2n) is 27.6. The molecule has 1 saturated heterocycles. The van der Waals surface area contributed by atoms with E-state index in [2.05, 4.69) is 342 Å². The summed E-state index contributed by atoms with van der Waals surface area (Å²) in [5.41, 5.74) is 17.1. The van der Waals surface area contributed by atoms with Crippen LogP contribution in [-0.2, 0) is 0 Å². The summed E-state index contributed by atoms with van der Waals surface area (Å²) in [5, 5.41) is 23.7. The third-order valence-electron chi connectivity index (χ3n) is 22.3. The first-order chi connectivity index (χ1) is 47.6. The van der Waals surface area contributed by atoms with Crippen LogP contribution in [0.1, 0.15) is 48.8 Å². The Kier molecular flexibility index (Phi) is 13.9. The quantitative estimate of drug-likeness (QED) is 0.126. The normalized spacial score (nSPS) is 23.8. The zero-order valence-electron chi connectivity index (χ0n) is 53.7. The van der Waals surface area contributed by atoms with Crippen molar-refractivity contribution in [3.8, 4) is 22.3 Å². The van der Waals surface area contributed by atoms with Gasteiger partial charge in [-0.2, -0.15) is 0 Å². The predicted octanol–water partition coefficient (Wildman–Crippen LogP) is 19.5. The van der Waals surface area contributed by atoms with E-state index in [0.29, 0.717) is 5.92 Å². The minimum absolute atomic E-state index is 0.137. The molecule has 0 saturated carbocycles. The molecule has 9 atom stereocenters. The number of nitrogens with one attached hydrogen (secondary N) is 2. The highest BCUT2D eigenvalue weighted by Crippen LogP contribution is 2.48. The Morgan fingerprint density at radius 2 is 1.03 bits per heavy atom. The van der Waals surface area contributed by atoms with Crippen LogP contribution >= 0.6 is 0 Å². The Hall–Kier alpha value is -10.8. The molecule has 4 heteroatoms. The van der Waals surface area contributed by atoms with Gasteiger partial charge in [-0.1, -0.05) is 285 Å². The number of hydrogen-bond acceptors (Lipinski definition) is 4. The lowest BCUT2D eigenvalue weighted by Gasteiger charge is -2.38. The highest BCUT2D eigenvalue weighted by Gasteiger charge is 2.42. The Labute approximate surface area is 562 Å². The lowest BCUT2D eigenvalue weighted by atomic mass is 9.69. The standard InChI is InChI=1S/C92H74N4/c1-2-25-71(26-3-1)96-86-53-37-59(38-54-87-93-83-35-16-17-36-85(83)95(87)72-50-47-64(48-51-72)88-77-30-12-14-32-79(77)91(80-33-15-13-31-78(80)88)74-34-18-24-63-21-8-9-27-73(63)74)55-84(86)94-92(96)65-43-39-62(40-44-65)68-49-52-81-82(58-68)90(70-46-42-61-20-5-7-23-67(61)57-70)76-29-11-10-28-75(76)89(81)69-45-41-60-19-4-6-22-66(60)56-69/h1-25,27-37,39-43,45-53,56-59,65,71,77,79,83,85,87,92-94H,26,38,44,54-55H2. The van der Waals surface area contributed by atoms with E-state index in [4.69, 9.17) is 0 Å². The van der Waals surface area contributed by atoms with Gasteiger partial charge in [-0.05, 0) is 194 Å². The summed E-state index contributed by atoms with van der Waals surface area (Å²) < 4.78 is 0. The van der Waals surface area contributed by atoms with Crippen LogP contribution in [0.5, 0.6) is 0 Å². The molecule has 96 heavy (non-hydrogen) atoms. The zero-order chi connectivity index (χ0) is 63.2. The molecule has 0 bridgehead atoms. The number of benzene rings is 11. The molecule has 0 amide bonds. The molecule has 9 unspecified atom stereocenters. The molecule has 2 aliphatic heterocycles. The van der Waals surface area contributed by atoms with Gasteiger partial charge in [0.15, 0.2) is 0 Å². The van der Waals surface area contributed by atoms with Crippen molar-refractivity contribution in [3.63, 3.8) is 0 Å². The maximum absolute atomic E-state index is 4.24. The van der Waals surface area contributed by atoms with Gasteiger partial charge in [-0.15, -0.1) is 0 Å². The molecular weight excluding hydrogens is 1160 g/mol. The smallest absolute Gasteiger partial charge is 0.106 e. The largest absolute Gasteiger partial charge is 0.366 e. The van der Waals surface area contributed by atoms with Crippen LogP contribution < -0.4 is 26.0 Å². The highest BCUT2D eigenvalue weighted by atomic mass is 15.4. The molecule has 8 aliphatic rings.